The third-order valence-corrected chi connectivity index (χ3v) is 4.33. The molecule has 2 heterocycles. The maximum absolute atomic E-state index is 11.7. The van der Waals surface area contributed by atoms with E-state index in [2.05, 4.69) is 15.3 Å². The van der Waals surface area contributed by atoms with Crippen LogP contribution in [0.3, 0.4) is 0 Å². The average molecular weight is 465 g/mol. The molecule has 0 saturated carbocycles. The van der Waals surface area contributed by atoms with Crippen molar-refractivity contribution in [2.75, 3.05) is 26.1 Å². The third kappa shape index (κ3) is 5.25. The van der Waals surface area contributed by atoms with Gasteiger partial charge in [0.25, 0.3) is 11.5 Å². The van der Waals surface area contributed by atoms with Gasteiger partial charge < -0.3 is 35.4 Å². The Morgan fingerprint density at radius 1 is 1.19 bits per heavy atom. The second-order valence-electron chi connectivity index (χ2n) is 6.32. The first-order chi connectivity index (χ1) is 14.9. The summed E-state index contributed by atoms with van der Waals surface area (Å²) in [6.45, 7) is 0.561. The Bertz CT molecular complexity index is 1210. The molecule has 0 spiro atoms. The van der Waals surface area contributed by atoms with Gasteiger partial charge >= 0.3 is 5.97 Å². The first-order valence-corrected chi connectivity index (χ1v) is 9.01. The zero-order valence-electron chi connectivity index (χ0n) is 17.1. The molecule has 1 aromatic heterocycles. The maximum atomic E-state index is 11.7. The fourth-order valence-electron chi connectivity index (χ4n) is 2.81. The second-order valence-corrected chi connectivity index (χ2v) is 6.32. The smallest absolute Gasteiger partial charge is 0.372 e. The van der Waals surface area contributed by atoms with E-state index in [-0.39, 0.29) is 35.8 Å². The number of nitrogens with one attached hydrogen (secondary N) is 2. The van der Waals surface area contributed by atoms with Crippen molar-refractivity contribution in [1.29, 1.82) is 0 Å². The molecule has 1 aliphatic heterocycles. The Morgan fingerprint density at radius 2 is 1.88 bits per heavy atom. The minimum atomic E-state index is -1.30. The summed E-state index contributed by atoms with van der Waals surface area (Å²) < 4.78 is 15.3. The van der Waals surface area contributed by atoms with E-state index < -0.39 is 17.4 Å². The van der Waals surface area contributed by atoms with E-state index in [0.717, 1.165) is 5.56 Å². The predicted octanol–water partition coefficient (Wildman–Crippen LogP) is 1.54. The Kier molecular flexibility index (Phi) is 7.99. The van der Waals surface area contributed by atoms with Crippen molar-refractivity contribution in [3.63, 3.8) is 0 Å². The number of H-pyrrole nitrogens is 1. The number of aromatic carboxylic acids is 1. The molecule has 4 rings (SSSR count). The molecule has 3 aromatic rings. The number of halogens is 1. The fourth-order valence-corrected chi connectivity index (χ4v) is 2.81. The lowest BCUT2D eigenvalue weighted by Crippen LogP contribution is -2.25. The van der Waals surface area contributed by atoms with Crippen LogP contribution in [0.5, 0.6) is 17.2 Å². The molecule has 0 saturated heterocycles. The van der Waals surface area contributed by atoms with Gasteiger partial charge in [0.05, 0.1) is 30.8 Å². The number of benzene rings is 2. The van der Waals surface area contributed by atoms with E-state index in [0.29, 0.717) is 29.5 Å². The minimum absolute atomic E-state index is 0. The van der Waals surface area contributed by atoms with Crippen molar-refractivity contribution < 1.29 is 28.9 Å². The number of nitrogens with zero attached hydrogens (tertiary/aromatic N) is 1. The summed E-state index contributed by atoms with van der Waals surface area (Å²) in [5, 5.41) is 11.7. The SMILES string of the molecule is COc1cc2nc(C(=O)O)[nH]c(=O)c2cc1OC.Cl.NCc1ccc2c(c1)OCC(=O)N2. The molecule has 12 heteroatoms. The number of rotatable bonds is 4. The number of aromatic nitrogens is 2. The molecule has 5 N–H and O–H groups in total. The van der Waals surface area contributed by atoms with Crippen molar-refractivity contribution in [1.82, 2.24) is 9.97 Å². The first kappa shape index (κ1) is 24.4. The number of ether oxygens (including phenoxy) is 3. The number of nitrogens with two attached hydrogens (primary N) is 1. The van der Waals surface area contributed by atoms with E-state index in [1.54, 1.807) is 6.07 Å². The standard InChI is InChI=1S/C11H10N2O5.C9H10N2O2.ClH/c1-17-7-3-5-6(4-8(7)18-2)12-9(11(15)16)13-10(5)14;10-4-6-1-2-7-8(3-6)13-5-9(12)11-7;/h3-4H,1-2H3,(H,15,16)(H,12,13,14);1-3H,4-5,10H2,(H,11,12);1H. The molecular formula is C20H21ClN4O7. The topological polar surface area (TPSA) is 166 Å². The number of carboxylic acid groups (broad SMARTS) is 1. The molecule has 1 aliphatic rings. The lowest BCUT2D eigenvalue weighted by atomic mass is 10.2. The van der Waals surface area contributed by atoms with E-state index >= 15 is 0 Å². The van der Waals surface area contributed by atoms with Gasteiger partial charge in [0.1, 0.15) is 5.75 Å². The number of carboxylic acids is 1. The highest BCUT2D eigenvalue weighted by molar-refractivity contribution is 5.95. The molecule has 2 aromatic carbocycles. The quantitative estimate of drug-likeness (QED) is 0.447. The predicted molar refractivity (Wildman–Crippen MR) is 118 cm³/mol. The summed E-state index contributed by atoms with van der Waals surface area (Å²) >= 11 is 0. The van der Waals surface area contributed by atoms with E-state index in [1.807, 2.05) is 12.1 Å². The highest BCUT2D eigenvalue weighted by atomic mass is 35.5. The molecule has 0 atom stereocenters. The zero-order chi connectivity index (χ0) is 22.5. The Hall–Kier alpha value is -3.83. The number of aromatic amines is 1. The molecular weight excluding hydrogens is 444 g/mol. The molecule has 0 aliphatic carbocycles. The van der Waals surface area contributed by atoms with Gasteiger partial charge in [0, 0.05) is 12.6 Å². The molecule has 0 radical (unpaired) electrons. The Balaban J connectivity index is 0.000000230. The van der Waals surface area contributed by atoms with Gasteiger partial charge in [-0.25, -0.2) is 9.78 Å². The Labute approximate surface area is 187 Å². The molecule has 0 fully saturated rings. The minimum Gasteiger partial charge on any atom is -0.493 e. The van der Waals surface area contributed by atoms with Crippen LogP contribution in [0.2, 0.25) is 0 Å². The molecule has 170 valence electrons. The summed E-state index contributed by atoms with van der Waals surface area (Å²) in [5.74, 6) is -0.390. The van der Waals surface area contributed by atoms with E-state index in [1.165, 1.54) is 26.4 Å². The van der Waals surface area contributed by atoms with Crippen LogP contribution in [0.4, 0.5) is 5.69 Å². The van der Waals surface area contributed by atoms with Crippen molar-refractivity contribution in [2.45, 2.75) is 6.54 Å². The molecule has 0 bridgehead atoms. The number of methoxy groups -OCH3 is 2. The van der Waals surface area contributed by atoms with Gasteiger partial charge in [-0.2, -0.15) is 0 Å². The van der Waals surface area contributed by atoms with E-state index in [4.69, 9.17) is 25.1 Å². The van der Waals surface area contributed by atoms with Crippen molar-refractivity contribution >= 4 is 40.9 Å². The third-order valence-electron chi connectivity index (χ3n) is 4.33. The lowest BCUT2D eigenvalue weighted by Gasteiger charge is -2.18. The van der Waals surface area contributed by atoms with Crippen LogP contribution >= 0.6 is 12.4 Å². The van der Waals surface area contributed by atoms with Gasteiger partial charge in [-0.3, -0.25) is 9.59 Å². The number of carbonyl (C=O) groups excluding carboxylic acids is 1. The molecule has 0 unspecified atom stereocenters. The van der Waals surface area contributed by atoms with Crippen LogP contribution < -0.4 is 30.8 Å². The highest BCUT2D eigenvalue weighted by Crippen LogP contribution is 2.30. The summed E-state index contributed by atoms with van der Waals surface area (Å²) in [5.41, 5.74) is 6.87. The molecule has 1 amide bonds. The average Bonchev–Trinajstić information content (AvgIpc) is 2.78. The summed E-state index contributed by atoms with van der Waals surface area (Å²) in [6.07, 6.45) is 0. The van der Waals surface area contributed by atoms with Crippen molar-refractivity contribution in [3.05, 3.63) is 52.1 Å². The Morgan fingerprint density at radius 3 is 2.50 bits per heavy atom. The van der Waals surface area contributed by atoms with E-state index in [9.17, 15) is 14.4 Å². The van der Waals surface area contributed by atoms with Crippen LogP contribution in [0.25, 0.3) is 10.9 Å². The largest absolute Gasteiger partial charge is 0.493 e. The van der Waals surface area contributed by atoms with Gasteiger partial charge in [0.2, 0.25) is 5.82 Å². The lowest BCUT2D eigenvalue weighted by molar-refractivity contribution is -0.118. The van der Waals surface area contributed by atoms with Gasteiger partial charge in [0.15, 0.2) is 18.1 Å². The van der Waals surface area contributed by atoms with Crippen LogP contribution in [0.15, 0.2) is 35.1 Å². The number of carbonyl (C=O) groups is 2. The highest BCUT2D eigenvalue weighted by Gasteiger charge is 2.15. The first-order valence-electron chi connectivity index (χ1n) is 9.01. The van der Waals surface area contributed by atoms with Crippen LogP contribution in [0.1, 0.15) is 16.2 Å². The number of anilines is 1. The van der Waals surface area contributed by atoms with Gasteiger partial charge in [-0.05, 0) is 23.8 Å². The number of amides is 1. The summed E-state index contributed by atoms with van der Waals surface area (Å²) in [7, 11) is 2.88. The number of hydrogen-bond acceptors (Lipinski definition) is 8. The summed E-state index contributed by atoms with van der Waals surface area (Å²) in [4.78, 5) is 39.4. The zero-order valence-corrected chi connectivity index (χ0v) is 17.9. The fraction of sp³-hybridized carbons (Fsp3) is 0.200. The molecule has 32 heavy (non-hydrogen) atoms. The maximum Gasteiger partial charge on any atom is 0.372 e. The van der Waals surface area contributed by atoms with Crippen LogP contribution in [0, 0.1) is 0 Å². The van der Waals surface area contributed by atoms with Crippen LogP contribution in [-0.4, -0.2) is 47.8 Å². The summed E-state index contributed by atoms with van der Waals surface area (Å²) in [6, 6.07) is 8.42. The van der Waals surface area contributed by atoms with Gasteiger partial charge in [-0.15, -0.1) is 12.4 Å². The van der Waals surface area contributed by atoms with Crippen molar-refractivity contribution in [2.24, 2.45) is 5.73 Å². The molecule has 11 nitrogen and oxygen atoms in total. The number of fused-ring (bicyclic) bond motifs is 2. The second kappa shape index (κ2) is 10.5. The van der Waals surface area contributed by atoms with Crippen LogP contribution in [-0.2, 0) is 11.3 Å². The van der Waals surface area contributed by atoms with Gasteiger partial charge in [-0.1, -0.05) is 6.07 Å². The van der Waals surface area contributed by atoms with Crippen molar-refractivity contribution in [3.8, 4) is 17.2 Å². The normalized spacial score (nSPS) is 11.7. The monoisotopic (exact) mass is 464 g/mol. The number of hydrogen-bond donors (Lipinski definition) is 4.